The van der Waals surface area contributed by atoms with E-state index in [1.807, 2.05) is 0 Å². The summed E-state index contributed by atoms with van der Waals surface area (Å²) in [6.45, 7) is 0.330. The number of carbonyl (C=O) groups is 1. The minimum atomic E-state index is -0.769. The molecule has 0 radical (unpaired) electrons. The summed E-state index contributed by atoms with van der Waals surface area (Å²) in [6, 6.07) is 4.42. The average molecular weight is 259 g/mol. The third kappa shape index (κ3) is 2.96. The maximum absolute atomic E-state index is 12.9. The van der Waals surface area contributed by atoms with Crippen LogP contribution in [0.5, 0.6) is 0 Å². The summed E-state index contributed by atoms with van der Waals surface area (Å²) in [4.78, 5) is 10.6. The Balaban J connectivity index is 1.79. The maximum Gasteiger partial charge on any atom is 0.306 e. The Kier molecular flexibility index (Phi) is 3.64. The highest BCUT2D eigenvalue weighted by Crippen LogP contribution is 2.31. The SMILES string of the molecule is O=C(O)C1CC(OCc2ccc(F)c(Cl)c2)C1. The summed E-state index contributed by atoms with van der Waals surface area (Å²) >= 11 is 5.63. The molecule has 1 aliphatic carbocycles. The molecule has 0 saturated heterocycles. The molecule has 0 bridgehead atoms. The number of aliphatic carboxylic acids is 1. The van der Waals surface area contributed by atoms with Crippen LogP contribution in [0.4, 0.5) is 4.39 Å². The number of hydrogen-bond acceptors (Lipinski definition) is 2. The molecule has 0 aliphatic heterocycles. The van der Waals surface area contributed by atoms with Gasteiger partial charge in [-0.2, -0.15) is 0 Å². The van der Waals surface area contributed by atoms with E-state index in [4.69, 9.17) is 21.4 Å². The third-order valence-corrected chi connectivity index (χ3v) is 3.20. The van der Waals surface area contributed by atoms with E-state index < -0.39 is 11.8 Å². The summed E-state index contributed by atoms with van der Waals surface area (Å²) in [5.74, 6) is -1.50. The topological polar surface area (TPSA) is 46.5 Å². The standard InChI is InChI=1S/C12H12ClFO3/c13-10-3-7(1-2-11(10)14)6-17-9-4-8(5-9)12(15)16/h1-3,8-9H,4-6H2,(H,15,16). The van der Waals surface area contributed by atoms with Crippen LogP contribution in [0.25, 0.3) is 0 Å². The normalized spacial score (nSPS) is 23.2. The van der Waals surface area contributed by atoms with Gasteiger partial charge in [0.25, 0.3) is 0 Å². The van der Waals surface area contributed by atoms with Crippen molar-refractivity contribution in [1.29, 1.82) is 0 Å². The fraction of sp³-hybridized carbons (Fsp3) is 0.417. The molecular weight excluding hydrogens is 247 g/mol. The van der Waals surface area contributed by atoms with Crippen LogP contribution in [0, 0.1) is 11.7 Å². The van der Waals surface area contributed by atoms with Gasteiger partial charge in [0.15, 0.2) is 0 Å². The lowest BCUT2D eigenvalue weighted by molar-refractivity contribution is -0.151. The van der Waals surface area contributed by atoms with E-state index in [0.29, 0.717) is 19.4 Å². The van der Waals surface area contributed by atoms with Crippen LogP contribution < -0.4 is 0 Å². The van der Waals surface area contributed by atoms with Crippen molar-refractivity contribution in [3.8, 4) is 0 Å². The highest BCUT2D eigenvalue weighted by molar-refractivity contribution is 6.30. The number of ether oxygens (including phenoxy) is 1. The summed E-state index contributed by atoms with van der Waals surface area (Å²) in [6.07, 6.45) is 1.08. The molecular formula is C12H12ClFO3. The summed E-state index contributed by atoms with van der Waals surface area (Å²) < 4.78 is 18.4. The second-order valence-electron chi connectivity index (χ2n) is 4.19. The number of carboxylic acids is 1. The first-order chi connectivity index (χ1) is 8.06. The Bertz CT molecular complexity index is 430. The molecule has 17 heavy (non-hydrogen) atoms. The minimum Gasteiger partial charge on any atom is -0.481 e. The first-order valence-corrected chi connectivity index (χ1v) is 5.72. The lowest BCUT2D eigenvalue weighted by Crippen LogP contribution is -2.36. The number of rotatable bonds is 4. The predicted octanol–water partition coefficient (Wildman–Crippen LogP) is 2.86. The van der Waals surface area contributed by atoms with Gasteiger partial charge < -0.3 is 9.84 Å². The summed E-state index contributed by atoms with van der Waals surface area (Å²) in [5, 5.41) is 8.76. The predicted molar refractivity (Wildman–Crippen MR) is 60.3 cm³/mol. The Morgan fingerprint density at radius 2 is 2.24 bits per heavy atom. The molecule has 0 aromatic heterocycles. The lowest BCUT2D eigenvalue weighted by atomic mass is 9.82. The van der Waals surface area contributed by atoms with Gasteiger partial charge in [-0.3, -0.25) is 4.79 Å². The van der Waals surface area contributed by atoms with Crippen molar-refractivity contribution in [3.05, 3.63) is 34.6 Å². The molecule has 1 aromatic carbocycles. The molecule has 1 saturated carbocycles. The zero-order valence-corrected chi connectivity index (χ0v) is 9.78. The number of carboxylic acid groups (broad SMARTS) is 1. The van der Waals surface area contributed by atoms with E-state index in [1.54, 1.807) is 6.07 Å². The van der Waals surface area contributed by atoms with Crippen LogP contribution in [0.15, 0.2) is 18.2 Å². The van der Waals surface area contributed by atoms with Gasteiger partial charge in [-0.1, -0.05) is 17.7 Å². The second kappa shape index (κ2) is 5.02. The van der Waals surface area contributed by atoms with Crippen molar-refractivity contribution in [2.75, 3.05) is 0 Å². The molecule has 1 fully saturated rings. The summed E-state index contributed by atoms with van der Waals surface area (Å²) in [5.41, 5.74) is 0.787. The van der Waals surface area contributed by atoms with Crippen LogP contribution in [0.3, 0.4) is 0 Å². The molecule has 92 valence electrons. The molecule has 2 rings (SSSR count). The molecule has 0 atom stereocenters. The highest BCUT2D eigenvalue weighted by Gasteiger charge is 2.34. The number of halogens is 2. The first-order valence-electron chi connectivity index (χ1n) is 5.34. The van der Waals surface area contributed by atoms with Gasteiger partial charge in [-0.05, 0) is 30.5 Å². The lowest BCUT2D eigenvalue weighted by Gasteiger charge is -2.32. The van der Waals surface area contributed by atoms with E-state index in [-0.39, 0.29) is 17.0 Å². The molecule has 0 heterocycles. The molecule has 1 aromatic rings. The third-order valence-electron chi connectivity index (χ3n) is 2.91. The van der Waals surface area contributed by atoms with Crippen LogP contribution in [-0.2, 0) is 16.1 Å². The van der Waals surface area contributed by atoms with Gasteiger partial charge in [0.05, 0.1) is 23.7 Å². The van der Waals surface area contributed by atoms with Crippen LogP contribution in [0.2, 0.25) is 5.02 Å². The maximum atomic E-state index is 12.9. The second-order valence-corrected chi connectivity index (χ2v) is 4.60. The molecule has 1 aliphatic rings. The fourth-order valence-electron chi connectivity index (χ4n) is 1.75. The van der Waals surface area contributed by atoms with E-state index in [9.17, 15) is 9.18 Å². The van der Waals surface area contributed by atoms with Crippen LogP contribution >= 0.6 is 11.6 Å². The molecule has 0 unspecified atom stereocenters. The first kappa shape index (κ1) is 12.3. The van der Waals surface area contributed by atoms with Crippen molar-refractivity contribution in [1.82, 2.24) is 0 Å². The smallest absolute Gasteiger partial charge is 0.306 e. The monoisotopic (exact) mass is 258 g/mol. The van der Waals surface area contributed by atoms with Crippen molar-refractivity contribution < 1.29 is 19.0 Å². The quantitative estimate of drug-likeness (QED) is 0.903. The Hall–Kier alpha value is -1.13. The van der Waals surface area contributed by atoms with Gasteiger partial charge in [-0.25, -0.2) is 4.39 Å². The van der Waals surface area contributed by atoms with Crippen molar-refractivity contribution in [2.45, 2.75) is 25.6 Å². The average Bonchev–Trinajstić information content (AvgIpc) is 2.20. The largest absolute Gasteiger partial charge is 0.481 e. The minimum absolute atomic E-state index is 0.0140. The van der Waals surface area contributed by atoms with E-state index >= 15 is 0 Å². The molecule has 0 amide bonds. The zero-order valence-electron chi connectivity index (χ0n) is 9.03. The van der Waals surface area contributed by atoms with E-state index in [0.717, 1.165) is 5.56 Å². The molecule has 5 heteroatoms. The zero-order chi connectivity index (χ0) is 12.4. The molecule has 1 N–H and O–H groups in total. The van der Waals surface area contributed by atoms with E-state index in [2.05, 4.69) is 0 Å². The summed E-state index contributed by atoms with van der Waals surface area (Å²) in [7, 11) is 0. The highest BCUT2D eigenvalue weighted by atomic mass is 35.5. The van der Waals surface area contributed by atoms with Gasteiger partial charge in [0, 0.05) is 0 Å². The van der Waals surface area contributed by atoms with Crippen LogP contribution in [0.1, 0.15) is 18.4 Å². The fourth-order valence-corrected chi connectivity index (χ4v) is 1.95. The van der Waals surface area contributed by atoms with Gasteiger partial charge >= 0.3 is 5.97 Å². The van der Waals surface area contributed by atoms with Crippen molar-refractivity contribution in [2.24, 2.45) is 5.92 Å². The Morgan fingerprint density at radius 3 is 2.82 bits per heavy atom. The Labute approximate surface area is 103 Å². The van der Waals surface area contributed by atoms with Gasteiger partial charge in [-0.15, -0.1) is 0 Å². The van der Waals surface area contributed by atoms with Gasteiger partial charge in [0.2, 0.25) is 0 Å². The molecule has 0 spiro atoms. The number of hydrogen-bond donors (Lipinski definition) is 1. The Morgan fingerprint density at radius 1 is 1.53 bits per heavy atom. The van der Waals surface area contributed by atoms with Crippen LogP contribution in [-0.4, -0.2) is 17.2 Å². The van der Waals surface area contributed by atoms with E-state index in [1.165, 1.54) is 12.1 Å². The molecule has 3 nitrogen and oxygen atoms in total. The van der Waals surface area contributed by atoms with Gasteiger partial charge in [0.1, 0.15) is 5.82 Å². The van der Waals surface area contributed by atoms with Crippen molar-refractivity contribution in [3.63, 3.8) is 0 Å². The van der Waals surface area contributed by atoms with Crippen molar-refractivity contribution >= 4 is 17.6 Å². The number of benzene rings is 1.